The maximum absolute atomic E-state index is 10.8. The van der Waals surface area contributed by atoms with Crippen LogP contribution in [0.2, 0.25) is 0 Å². The number of esters is 1. The Labute approximate surface area is 109 Å². The van der Waals surface area contributed by atoms with Crippen molar-refractivity contribution in [1.82, 2.24) is 5.32 Å². The lowest BCUT2D eigenvalue weighted by Gasteiger charge is -2.05. The largest absolute Gasteiger partial charge is 0.507 e. The van der Waals surface area contributed by atoms with Crippen molar-refractivity contribution in [3.63, 3.8) is 0 Å². The first kappa shape index (κ1) is 14.0. The van der Waals surface area contributed by atoms with Gasteiger partial charge in [-0.15, -0.1) is 0 Å². The molecule has 0 saturated heterocycles. The van der Waals surface area contributed by atoms with Crippen LogP contribution in [0.15, 0.2) is 22.7 Å². The molecule has 5 heteroatoms. The van der Waals surface area contributed by atoms with Gasteiger partial charge in [0, 0.05) is 13.0 Å². The summed E-state index contributed by atoms with van der Waals surface area (Å²) in [7, 11) is 1.39. The Kier molecular flexibility index (Phi) is 6.00. The molecule has 0 fully saturated rings. The third-order valence-corrected chi connectivity index (χ3v) is 2.94. The van der Waals surface area contributed by atoms with Crippen LogP contribution < -0.4 is 5.32 Å². The third-order valence-electron chi connectivity index (χ3n) is 2.30. The molecule has 0 aliphatic rings. The fraction of sp³-hybridized carbons (Fsp3) is 0.417. The molecule has 94 valence electrons. The van der Waals surface area contributed by atoms with E-state index < -0.39 is 0 Å². The van der Waals surface area contributed by atoms with Gasteiger partial charge >= 0.3 is 5.97 Å². The van der Waals surface area contributed by atoms with E-state index in [0.29, 0.717) is 17.4 Å². The molecule has 0 spiro atoms. The molecule has 0 aliphatic heterocycles. The molecule has 0 bridgehead atoms. The SMILES string of the molecule is COC(=O)CCCNCc1ccc(O)c(Br)c1. The summed E-state index contributed by atoms with van der Waals surface area (Å²) in [6, 6.07) is 5.37. The molecule has 2 N–H and O–H groups in total. The number of halogens is 1. The van der Waals surface area contributed by atoms with Crippen LogP contribution in [0.3, 0.4) is 0 Å². The second-order valence-electron chi connectivity index (χ2n) is 3.64. The molecule has 1 aromatic carbocycles. The van der Waals surface area contributed by atoms with Gasteiger partial charge in [0.05, 0.1) is 11.6 Å². The van der Waals surface area contributed by atoms with Gasteiger partial charge < -0.3 is 15.2 Å². The predicted octanol–water partition coefficient (Wildman–Crippen LogP) is 2.20. The minimum absolute atomic E-state index is 0.181. The van der Waals surface area contributed by atoms with Crippen molar-refractivity contribution >= 4 is 21.9 Å². The van der Waals surface area contributed by atoms with Crippen molar-refractivity contribution in [3.8, 4) is 5.75 Å². The van der Waals surface area contributed by atoms with Crippen LogP contribution in [-0.4, -0.2) is 24.7 Å². The molecule has 0 saturated carbocycles. The summed E-state index contributed by atoms with van der Waals surface area (Å²) in [5.41, 5.74) is 1.08. The highest BCUT2D eigenvalue weighted by molar-refractivity contribution is 9.10. The van der Waals surface area contributed by atoms with Crippen molar-refractivity contribution in [3.05, 3.63) is 28.2 Å². The van der Waals surface area contributed by atoms with Crippen LogP contribution in [0, 0.1) is 0 Å². The van der Waals surface area contributed by atoms with Gasteiger partial charge in [-0.1, -0.05) is 6.07 Å². The van der Waals surface area contributed by atoms with E-state index in [1.54, 1.807) is 6.07 Å². The van der Waals surface area contributed by atoms with Gasteiger partial charge in [0.1, 0.15) is 5.75 Å². The fourth-order valence-corrected chi connectivity index (χ4v) is 1.78. The molecule has 0 unspecified atom stereocenters. The van der Waals surface area contributed by atoms with Gasteiger partial charge in [0.2, 0.25) is 0 Å². The van der Waals surface area contributed by atoms with Crippen molar-refractivity contribution in [2.45, 2.75) is 19.4 Å². The van der Waals surface area contributed by atoms with E-state index in [1.807, 2.05) is 12.1 Å². The molecule has 4 nitrogen and oxygen atoms in total. The highest BCUT2D eigenvalue weighted by Crippen LogP contribution is 2.24. The zero-order chi connectivity index (χ0) is 12.7. The van der Waals surface area contributed by atoms with E-state index in [2.05, 4.69) is 26.0 Å². The second kappa shape index (κ2) is 7.29. The summed E-state index contributed by atoms with van der Waals surface area (Å²) in [5, 5.41) is 12.5. The third kappa shape index (κ3) is 5.19. The molecule has 0 atom stereocenters. The molecule has 0 amide bonds. The van der Waals surface area contributed by atoms with Crippen LogP contribution in [0.5, 0.6) is 5.75 Å². The predicted molar refractivity (Wildman–Crippen MR) is 68.8 cm³/mol. The number of ether oxygens (including phenoxy) is 1. The maximum Gasteiger partial charge on any atom is 0.305 e. The van der Waals surface area contributed by atoms with Crippen LogP contribution in [-0.2, 0) is 16.1 Å². The molecule has 0 heterocycles. The summed E-state index contributed by atoms with van der Waals surface area (Å²) in [6.45, 7) is 1.47. The zero-order valence-corrected chi connectivity index (χ0v) is 11.3. The van der Waals surface area contributed by atoms with Crippen molar-refractivity contribution in [2.75, 3.05) is 13.7 Å². The van der Waals surface area contributed by atoms with Gasteiger partial charge in [-0.3, -0.25) is 4.79 Å². The lowest BCUT2D eigenvalue weighted by atomic mass is 10.2. The number of methoxy groups -OCH3 is 1. The lowest BCUT2D eigenvalue weighted by Crippen LogP contribution is -2.16. The molecule has 1 rings (SSSR count). The number of benzene rings is 1. The number of phenolic OH excluding ortho intramolecular Hbond substituents is 1. The number of hydrogen-bond donors (Lipinski definition) is 2. The van der Waals surface area contributed by atoms with Crippen LogP contribution in [0.1, 0.15) is 18.4 Å². The number of hydrogen-bond acceptors (Lipinski definition) is 4. The average molecular weight is 302 g/mol. The average Bonchev–Trinajstić information content (AvgIpc) is 2.33. The first-order chi connectivity index (χ1) is 8.13. The molecule has 0 aliphatic carbocycles. The second-order valence-corrected chi connectivity index (χ2v) is 4.50. The monoisotopic (exact) mass is 301 g/mol. The van der Waals surface area contributed by atoms with E-state index in [9.17, 15) is 9.90 Å². The first-order valence-electron chi connectivity index (χ1n) is 5.38. The number of rotatable bonds is 6. The number of phenols is 1. The Morgan fingerprint density at radius 2 is 2.29 bits per heavy atom. The minimum atomic E-state index is -0.181. The number of aromatic hydroxyl groups is 1. The molecule has 1 aromatic rings. The van der Waals surface area contributed by atoms with E-state index in [4.69, 9.17) is 0 Å². The highest BCUT2D eigenvalue weighted by atomic mass is 79.9. The first-order valence-corrected chi connectivity index (χ1v) is 6.17. The highest BCUT2D eigenvalue weighted by Gasteiger charge is 2.01. The molecule has 0 aromatic heterocycles. The van der Waals surface area contributed by atoms with Crippen LogP contribution in [0.25, 0.3) is 0 Å². The molecule has 0 radical (unpaired) electrons. The standard InChI is InChI=1S/C12H16BrNO3/c1-17-12(16)3-2-6-14-8-9-4-5-11(15)10(13)7-9/h4-5,7,14-15H,2-3,6,8H2,1H3. The molecule has 17 heavy (non-hydrogen) atoms. The zero-order valence-electron chi connectivity index (χ0n) is 9.70. The topological polar surface area (TPSA) is 58.6 Å². The Morgan fingerprint density at radius 1 is 1.53 bits per heavy atom. The molecular weight excluding hydrogens is 286 g/mol. The van der Waals surface area contributed by atoms with E-state index in [1.165, 1.54) is 7.11 Å². The normalized spacial score (nSPS) is 10.2. The Morgan fingerprint density at radius 3 is 2.94 bits per heavy atom. The quantitative estimate of drug-likeness (QED) is 0.625. The fourth-order valence-electron chi connectivity index (χ4n) is 1.35. The van der Waals surface area contributed by atoms with Gasteiger partial charge in [-0.25, -0.2) is 0 Å². The minimum Gasteiger partial charge on any atom is -0.507 e. The van der Waals surface area contributed by atoms with E-state index >= 15 is 0 Å². The Balaban J connectivity index is 2.22. The Hall–Kier alpha value is -1.07. The number of nitrogens with one attached hydrogen (secondary N) is 1. The lowest BCUT2D eigenvalue weighted by molar-refractivity contribution is -0.140. The van der Waals surface area contributed by atoms with Gasteiger partial charge in [-0.2, -0.15) is 0 Å². The van der Waals surface area contributed by atoms with Crippen LogP contribution >= 0.6 is 15.9 Å². The van der Waals surface area contributed by atoms with Crippen molar-refractivity contribution in [2.24, 2.45) is 0 Å². The molecular formula is C12H16BrNO3. The number of carbonyl (C=O) groups is 1. The van der Waals surface area contributed by atoms with Gasteiger partial charge in [0.15, 0.2) is 0 Å². The summed E-state index contributed by atoms with van der Waals surface area (Å²) in [4.78, 5) is 10.8. The van der Waals surface area contributed by atoms with E-state index in [0.717, 1.165) is 18.5 Å². The van der Waals surface area contributed by atoms with Crippen molar-refractivity contribution < 1.29 is 14.6 Å². The number of carbonyl (C=O) groups excluding carboxylic acids is 1. The summed E-state index contributed by atoms with van der Waals surface area (Å²) in [5.74, 6) is 0.0543. The van der Waals surface area contributed by atoms with Gasteiger partial charge in [-0.05, 0) is 46.6 Å². The van der Waals surface area contributed by atoms with Crippen LogP contribution in [0.4, 0.5) is 0 Å². The summed E-state index contributed by atoms with van der Waals surface area (Å²) in [6.07, 6.45) is 1.19. The maximum atomic E-state index is 10.8. The summed E-state index contributed by atoms with van der Waals surface area (Å²) >= 11 is 3.26. The van der Waals surface area contributed by atoms with Crippen molar-refractivity contribution in [1.29, 1.82) is 0 Å². The Bertz CT molecular complexity index is 382. The van der Waals surface area contributed by atoms with Gasteiger partial charge in [0.25, 0.3) is 0 Å². The summed E-state index contributed by atoms with van der Waals surface area (Å²) < 4.78 is 5.23. The smallest absolute Gasteiger partial charge is 0.305 e. The van der Waals surface area contributed by atoms with E-state index in [-0.39, 0.29) is 11.7 Å².